The standard InChI is InChI=1S/C7H4Cl2N4OS/c8-2-1-3(9)5-6(13-15-12-5)4(2)11-7(10)14/h1H,(H3,10,11,14). The number of urea groups is 1. The summed E-state index contributed by atoms with van der Waals surface area (Å²) in [7, 11) is 0. The SMILES string of the molecule is NC(=O)Nc1c(Cl)cc(Cl)c2nsnc12. The number of hydrogen-bond acceptors (Lipinski definition) is 4. The third kappa shape index (κ3) is 1.83. The molecule has 0 radical (unpaired) electrons. The normalized spacial score (nSPS) is 10.5. The van der Waals surface area contributed by atoms with Gasteiger partial charge in [-0.2, -0.15) is 8.75 Å². The predicted octanol–water partition coefficient (Wildman–Crippen LogP) is 2.49. The zero-order valence-electron chi connectivity index (χ0n) is 7.12. The summed E-state index contributed by atoms with van der Waals surface area (Å²) in [6, 6.07) is 0.770. The summed E-state index contributed by atoms with van der Waals surface area (Å²) in [6.45, 7) is 0. The summed E-state index contributed by atoms with van der Waals surface area (Å²) < 4.78 is 7.96. The topological polar surface area (TPSA) is 80.9 Å². The fourth-order valence-electron chi connectivity index (χ4n) is 1.12. The van der Waals surface area contributed by atoms with Crippen molar-refractivity contribution >= 4 is 57.7 Å². The number of nitrogens with two attached hydrogens (primary N) is 1. The number of carbonyl (C=O) groups excluding carboxylic acids is 1. The van der Waals surface area contributed by atoms with Gasteiger partial charge in [0.2, 0.25) is 0 Å². The molecule has 0 aliphatic heterocycles. The average molecular weight is 263 g/mol. The predicted molar refractivity (Wildman–Crippen MR) is 60.6 cm³/mol. The number of amides is 2. The molecule has 2 aromatic rings. The van der Waals surface area contributed by atoms with Crippen molar-refractivity contribution < 1.29 is 4.79 Å². The molecule has 0 aliphatic rings. The number of anilines is 1. The second-order valence-corrected chi connectivity index (χ2v) is 4.01. The van der Waals surface area contributed by atoms with Crippen molar-refractivity contribution in [1.29, 1.82) is 0 Å². The molecule has 2 rings (SSSR count). The molecular formula is C7H4Cl2N4OS. The summed E-state index contributed by atoms with van der Waals surface area (Å²) in [6.07, 6.45) is 0. The molecule has 5 nitrogen and oxygen atoms in total. The molecule has 1 heterocycles. The van der Waals surface area contributed by atoms with Gasteiger partial charge in [-0.05, 0) is 6.07 Å². The van der Waals surface area contributed by atoms with Gasteiger partial charge in [0.05, 0.1) is 27.5 Å². The molecule has 0 saturated heterocycles. The Kier molecular flexibility index (Phi) is 2.64. The first kappa shape index (κ1) is 10.4. The van der Waals surface area contributed by atoms with Gasteiger partial charge in [-0.15, -0.1) is 0 Å². The fourth-order valence-corrected chi connectivity index (χ4v) is 2.28. The molecule has 78 valence electrons. The number of primary amides is 1. The van der Waals surface area contributed by atoms with Gasteiger partial charge in [-0.1, -0.05) is 23.2 Å². The van der Waals surface area contributed by atoms with Crippen molar-refractivity contribution in [2.75, 3.05) is 5.32 Å². The molecule has 0 saturated carbocycles. The van der Waals surface area contributed by atoms with Crippen molar-refractivity contribution in [1.82, 2.24) is 8.75 Å². The van der Waals surface area contributed by atoms with Crippen molar-refractivity contribution in [3.8, 4) is 0 Å². The van der Waals surface area contributed by atoms with Crippen LogP contribution in [-0.4, -0.2) is 14.8 Å². The highest BCUT2D eigenvalue weighted by atomic mass is 35.5. The van der Waals surface area contributed by atoms with Gasteiger partial charge in [-0.25, -0.2) is 4.79 Å². The molecule has 0 atom stereocenters. The van der Waals surface area contributed by atoms with Gasteiger partial charge in [0, 0.05) is 0 Å². The van der Waals surface area contributed by atoms with E-state index in [9.17, 15) is 4.79 Å². The Morgan fingerprint density at radius 2 is 2.00 bits per heavy atom. The summed E-state index contributed by atoms with van der Waals surface area (Å²) in [5.41, 5.74) is 6.27. The maximum atomic E-state index is 10.7. The number of nitrogens with zero attached hydrogens (tertiary/aromatic N) is 2. The number of hydrogen-bond donors (Lipinski definition) is 2. The molecule has 0 bridgehead atoms. The number of aromatic nitrogens is 2. The molecule has 1 aromatic heterocycles. The third-order valence-corrected chi connectivity index (χ3v) is 2.81. The van der Waals surface area contributed by atoms with Crippen molar-refractivity contribution in [3.05, 3.63) is 16.1 Å². The van der Waals surface area contributed by atoms with Gasteiger partial charge < -0.3 is 11.1 Å². The maximum absolute atomic E-state index is 10.7. The smallest absolute Gasteiger partial charge is 0.316 e. The lowest BCUT2D eigenvalue weighted by Crippen LogP contribution is -2.19. The van der Waals surface area contributed by atoms with E-state index in [1.807, 2.05) is 0 Å². The van der Waals surface area contributed by atoms with E-state index in [0.29, 0.717) is 21.7 Å². The second-order valence-electron chi connectivity index (χ2n) is 2.67. The van der Waals surface area contributed by atoms with E-state index in [2.05, 4.69) is 14.1 Å². The van der Waals surface area contributed by atoms with E-state index < -0.39 is 6.03 Å². The first-order valence-electron chi connectivity index (χ1n) is 3.76. The number of carbonyl (C=O) groups is 1. The lowest BCUT2D eigenvalue weighted by atomic mass is 10.2. The van der Waals surface area contributed by atoms with E-state index in [1.165, 1.54) is 6.07 Å². The number of rotatable bonds is 1. The highest BCUT2D eigenvalue weighted by Crippen LogP contribution is 2.34. The Hall–Kier alpha value is -1.11. The zero-order chi connectivity index (χ0) is 11.0. The molecule has 0 aliphatic carbocycles. The summed E-state index contributed by atoms with van der Waals surface area (Å²) >= 11 is 12.8. The Labute approximate surface area is 98.5 Å². The number of halogens is 2. The van der Waals surface area contributed by atoms with Crippen molar-refractivity contribution in [2.24, 2.45) is 5.73 Å². The summed E-state index contributed by atoms with van der Waals surface area (Å²) in [4.78, 5) is 10.7. The molecule has 0 spiro atoms. The number of nitrogens with one attached hydrogen (secondary N) is 1. The lowest BCUT2D eigenvalue weighted by Gasteiger charge is -2.05. The van der Waals surface area contributed by atoms with E-state index in [0.717, 1.165) is 11.7 Å². The van der Waals surface area contributed by atoms with Crippen LogP contribution in [0, 0.1) is 0 Å². The van der Waals surface area contributed by atoms with Gasteiger partial charge >= 0.3 is 6.03 Å². The van der Waals surface area contributed by atoms with Gasteiger partial charge in [0.15, 0.2) is 0 Å². The molecule has 0 fully saturated rings. The lowest BCUT2D eigenvalue weighted by molar-refractivity contribution is 0.259. The average Bonchev–Trinajstić information content (AvgIpc) is 2.60. The van der Waals surface area contributed by atoms with Crippen LogP contribution >= 0.6 is 34.9 Å². The first-order chi connectivity index (χ1) is 7.09. The first-order valence-corrected chi connectivity index (χ1v) is 5.25. The van der Waals surface area contributed by atoms with E-state index in [-0.39, 0.29) is 5.02 Å². The van der Waals surface area contributed by atoms with Gasteiger partial charge in [0.1, 0.15) is 11.0 Å². The van der Waals surface area contributed by atoms with Crippen LogP contribution in [0.3, 0.4) is 0 Å². The summed E-state index contributed by atoms with van der Waals surface area (Å²) in [5, 5.41) is 3.05. The Balaban J connectivity index is 2.71. The van der Waals surface area contributed by atoms with E-state index >= 15 is 0 Å². The van der Waals surface area contributed by atoms with E-state index in [1.54, 1.807) is 0 Å². The van der Waals surface area contributed by atoms with Crippen molar-refractivity contribution in [3.63, 3.8) is 0 Å². The highest BCUT2D eigenvalue weighted by Gasteiger charge is 2.14. The van der Waals surface area contributed by atoms with Crippen LogP contribution in [0.1, 0.15) is 0 Å². The Bertz CT molecular complexity index is 541. The van der Waals surface area contributed by atoms with Crippen LogP contribution in [-0.2, 0) is 0 Å². The molecule has 8 heteroatoms. The monoisotopic (exact) mass is 262 g/mol. The van der Waals surface area contributed by atoms with Crippen LogP contribution in [0.15, 0.2) is 6.07 Å². The quantitative estimate of drug-likeness (QED) is 0.829. The maximum Gasteiger partial charge on any atom is 0.316 e. The molecular weight excluding hydrogens is 259 g/mol. The van der Waals surface area contributed by atoms with Crippen LogP contribution in [0.4, 0.5) is 10.5 Å². The van der Waals surface area contributed by atoms with Crippen LogP contribution < -0.4 is 11.1 Å². The molecule has 15 heavy (non-hydrogen) atoms. The minimum atomic E-state index is -0.714. The van der Waals surface area contributed by atoms with Gasteiger partial charge in [-0.3, -0.25) is 0 Å². The molecule has 2 amide bonds. The van der Waals surface area contributed by atoms with Crippen LogP contribution in [0.2, 0.25) is 10.0 Å². The third-order valence-electron chi connectivity index (χ3n) is 1.69. The van der Waals surface area contributed by atoms with E-state index in [4.69, 9.17) is 28.9 Å². The largest absolute Gasteiger partial charge is 0.351 e. The van der Waals surface area contributed by atoms with Crippen LogP contribution in [0.25, 0.3) is 11.0 Å². The highest BCUT2D eigenvalue weighted by molar-refractivity contribution is 7.00. The minimum absolute atomic E-state index is 0.277. The fraction of sp³-hybridized carbons (Fsp3) is 0. The second kappa shape index (κ2) is 3.80. The molecule has 0 unspecified atom stereocenters. The zero-order valence-corrected chi connectivity index (χ0v) is 9.45. The number of fused-ring (bicyclic) bond motifs is 1. The molecule has 1 aromatic carbocycles. The Morgan fingerprint density at radius 1 is 1.33 bits per heavy atom. The molecule has 3 N–H and O–H groups in total. The minimum Gasteiger partial charge on any atom is -0.351 e. The van der Waals surface area contributed by atoms with Gasteiger partial charge in [0.25, 0.3) is 0 Å². The van der Waals surface area contributed by atoms with Crippen molar-refractivity contribution in [2.45, 2.75) is 0 Å². The number of benzene rings is 1. The van der Waals surface area contributed by atoms with Crippen LogP contribution in [0.5, 0.6) is 0 Å². The Morgan fingerprint density at radius 3 is 2.67 bits per heavy atom. The summed E-state index contributed by atoms with van der Waals surface area (Å²) in [5.74, 6) is 0.